The zero-order chi connectivity index (χ0) is 18.5. The van der Waals surface area contributed by atoms with Crippen molar-refractivity contribution in [1.29, 1.82) is 0 Å². The summed E-state index contributed by atoms with van der Waals surface area (Å²) in [5.41, 5.74) is 4.08. The van der Waals surface area contributed by atoms with Crippen molar-refractivity contribution in [2.24, 2.45) is 5.10 Å². The first-order chi connectivity index (χ1) is 13.3. The highest BCUT2D eigenvalue weighted by atomic mass is 16.2. The van der Waals surface area contributed by atoms with E-state index in [1.165, 1.54) is 0 Å². The van der Waals surface area contributed by atoms with Gasteiger partial charge in [-0.15, -0.1) is 0 Å². The van der Waals surface area contributed by atoms with Crippen LogP contribution in [0.2, 0.25) is 0 Å². The van der Waals surface area contributed by atoms with E-state index >= 15 is 0 Å². The molecule has 0 radical (unpaired) electrons. The Kier molecular flexibility index (Phi) is 4.67. The van der Waals surface area contributed by atoms with Gasteiger partial charge in [-0.25, -0.2) is 5.43 Å². The first kappa shape index (κ1) is 17.0. The first-order valence-electron chi connectivity index (χ1n) is 9.00. The molecule has 27 heavy (non-hydrogen) atoms. The number of hydrogen-bond donors (Lipinski definition) is 1. The fraction of sp³-hybridized carbons (Fsp3) is 0.0833. The molecular formula is C24H20N2O. The van der Waals surface area contributed by atoms with Crippen LogP contribution in [-0.4, -0.2) is 12.1 Å². The number of benzene rings is 3. The number of nitrogens with zero attached hydrogens (tertiary/aromatic N) is 1. The molecule has 1 N–H and O–H groups in total. The predicted molar refractivity (Wildman–Crippen MR) is 111 cm³/mol. The Morgan fingerprint density at radius 2 is 1.70 bits per heavy atom. The summed E-state index contributed by atoms with van der Waals surface area (Å²) in [6.07, 6.45) is 10.9. The van der Waals surface area contributed by atoms with Crippen LogP contribution in [0.1, 0.15) is 22.3 Å². The molecule has 3 aromatic rings. The predicted octanol–water partition coefficient (Wildman–Crippen LogP) is 5.01. The van der Waals surface area contributed by atoms with Gasteiger partial charge < -0.3 is 0 Å². The van der Waals surface area contributed by atoms with Gasteiger partial charge in [0.25, 0.3) is 5.91 Å². The number of hydrogen-bond acceptors (Lipinski definition) is 2. The van der Waals surface area contributed by atoms with Crippen molar-refractivity contribution in [3.8, 4) is 0 Å². The van der Waals surface area contributed by atoms with Crippen molar-refractivity contribution in [2.75, 3.05) is 0 Å². The molecule has 1 aliphatic carbocycles. The first-order valence-corrected chi connectivity index (χ1v) is 9.00. The highest BCUT2D eigenvalue weighted by Gasteiger charge is 2.27. The van der Waals surface area contributed by atoms with E-state index in [2.05, 4.69) is 34.8 Å². The Morgan fingerprint density at radius 1 is 0.926 bits per heavy atom. The second-order valence-electron chi connectivity index (χ2n) is 6.66. The van der Waals surface area contributed by atoms with E-state index in [1.807, 2.05) is 79.0 Å². The number of rotatable bonds is 4. The van der Waals surface area contributed by atoms with Crippen LogP contribution in [-0.2, 0) is 5.41 Å². The summed E-state index contributed by atoms with van der Waals surface area (Å²) in [7, 11) is 0. The number of nitrogens with one attached hydrogen (secondary N) is 1. The van der Waals surface area contributed by atoms with Gasteiger partial charge in [0.05, 0.1) is 5.41 Å². The van der Waals surface area contributed by atoms with Crippen molar-refractivity contribution >= 4 is 22.9 Å². The highest BCUT2D eigenvalue weighted by Crippen LogP contribution is 2.30. The van der Waals surface area contributed by atoms with Gasteiger partial charge >= 0.3 is 0 Å². The van der Waals surface area contributed by atoms with Crippen LogP contribution >= 0.6 is 0 Å². The molecule has 4 rings (SSSR count). The van der Waals surface area contributed by atoms with Crippen molar-refractivity contribution in [3.63, 3.8) is 0 Å². The third-order valence-electron chi connectivity index (χ3n) is 4.88. The van der Waals surface area contributed by atoms with Crippen molar-refractivity contribution in [1.82, 2.24) is 5.43 Å². The summed E-state index contributed by atoms with van der Waals surface area (Å²) in [5.74, 6) is -0.212. The van der Waals surface area contributed by atoms with Crippen molar-refractivity contribution < 1.29 is 4.79 Å². The standard InChI is InChI=1S/C24H20N2O/c27-23(21-14-13-19-9-5-6-10-20(19)17-21)26-25-18-24(15-7-2-8-16-24)22-11-3-1-4-12-22/h1-15,17-18H,16H2,(H,26,27)/b25-18-. The van der Waals surface area contributed by atoms with Gasteiger partial charge in [0.15, 0.2) is 0 Å². The Labute approximate surface area is 158 Å². The molecule has 1 unspecified atom stereocenters. The van der Waals surface area contributed by atoms with Gasteiger partial charge in [0.2, 0.25) is 0 Å². The Morgan fingerprint density at radius 3 is 2.48 bits per heavy atom. The summed E-state index contributed by atoms with van der Waals surface area (Å²) in [4.78, 5) is 12.5. The third kappa shape index (κ3) is 3.58. The molecule has 132 valence electrons. The maximum absolute atomic E-state index is 12.5. The minimum Gasteiger partial charge on any atom is -0.267 e. The second kappa shape index (κ2) is 7.42. The van der Waals surface area contributed by atoms with Crippen LogP contribution in [0.3, 0.4) is 0 Å². The number of hydrazone groups is 1. The molecule has 0 aromatic heterocycles. The maximum Gasteiger partial charge on any atom is 0.271 e. The molecule has 0 saturated heterocycles. The molecule has 3 heteroatoms. The fourth-order valence-electron chi connectivity index (χ4n) is 3.37. The lowest BCUT2D eigenvalue weighted by molar-refractivity contribution is 0.0955. The average Bonchev–Trinajstić information content (AvgIpc) is 2.74. The number of allylic oxidation sites excluding steroid dienone is 4. The molecule has 0 bridgehead atoms. The normalized spacial score (nSPS) is 18.8. The number of fused-ring (bicyclic) bond motifs is 1. The van der Waals surface area contributed by atoms with Gasteiger partial charge in [0, 0.05) is 11.8 Å². The average molecular weight is 352 g/mol. The summed E-state index contributed by atoms with van der Waals surface area (Å²) in [6.45, 7) is 0. The Bertz CT molecular complexity index is 1050. The molecule has 3 aromatic carbocycles. The number of carbonyl (C=O) groups excluding carboxylic acids is 1. The summed E-state index contributed by atoms with van der Waals surface area (Å²) < 4.78 is 0. The smallest absolute Gasteiger partial charge is 0.267 e. The van der Waals surface area contributed by atoms with E-state index in [0.717, 1.165) is 22.8 Å². The van der Waals surface area contributed by atoms with E-state index in [1.54, 1.807) is 0 Å². The minimum absolute atomic E-state index is 0.212. The minimum atomic E-state index is -0.341. The fourth-order valence-corrected chi connectivity index (χ4v) is 3.37. The van der Waals surface area contributed by atoms with E-state index in [0.29, 0.717) is 5.56 Å². The monoisotopic (exact) mass is 352 g/mol. The largest absolute Gasteiger partial charge is 0.271 e. The summed E-state index contributed by atoms with van der Waals surface area (Å²) in [5, 5.41) is 6.44. The molecule has 0 spiro atoms. The van der Waals surface area contributed by atoms with Crippen LogP contribution in [0.15, 0.2) is 102 Å². The topological polar surface area (TPSA) is 41.5 Å². The number of carbonyl (C=O) groups is 1. The van der Waals surface area contributed by atoms with Crippen LogP contribution in [0.4, 0.5) is 0 Å². The highest BCUT2D eigenvalue weighted by molar-refractivity contribution is 5.98. The Hall–Kier alpha value is -3.46. The SMILES string of the molecule is O=C(N/N=C\C1(c2ccccc2)C=CC=CC1)c1ccc2ccccc2c1. The van der Waals surface area contributed by atoms with Crippen LogP contribution in [0.5, 0.6) is 0 Å². The van der Waals surface area contributed by atoms with Crippen molar-refractivity contribution in [2.45, 2.75) is 11.8 Å². The lowest BCUT2D eigenvalue weighted by Gasteiger charge is -2.27. The summed E-state index contributed by atoms with van der Waals surface area (Å²) in [6, 6.07) is 23.8. The van der Waals surface area contributed by atoms with E-state index in [-0.39, 0.29) is 11.3 Å². The van der Waals surface area contributed by atoms with Gasteiger partial charge in [0.1, 0.15) is 0 Å². The van der Waals surface area contributed by atoms with Gasteiger partial charge in [-0.2, -0.15) is 5.10 Å². The van der Waals surface area contributed by atoms with Crippen LogP contribution < -0.4 is 5.43 Å². The number of amides is 1. The molecule has 1 atom stereocenters. The molecule has 3 nitrogen and oxygen atoms in total. The van der Waals surface area contributed by atoms with Gasteiger partial charge in [-0.1, -0.05) is 85.0 Å². The third-order valence-corrected chi connectivity index (χ3v) is 4.88. The van der Waals surface area contributed by atoms with Crippen LogP contribution in [0.25, 0.3) is 10.8 Å². The maximum atomic E-state index is 12.5. The van der Waals surface area contributed by atoms with Gasteiger partial charge in [-0.3, -0.25) is 4.79 Å². The zero-order valence-electron chi connectivity index (χ0n) is 14.9. The Balaban J connectivity index is 1.55. The zero-order valence-corrected chi connectivity index (χ0v) is 14.9. The van der Waals surface area contributed by atoms with E-state index < -0.39 is 0 Å². The lowest BCUT2D eigenvalue weighted by Crippen LogP contribution is -2.28. The molecule has 0 fully saturated rings. The van der Waals surface area contributed by atoms with E-state index in [4.69, 9.17) is 0 Å². The molecule has 1 aliphatic rings. The van der Waals surface area contributed by atoms with Crippen molar-refractivity contribution in [3.05, 3.63) is 108 Å². The van der Waals surface area contributed by atoms with Gasteiger partial charge in [-0.05, 0) is 34.9 Å². The molecule has 1 amide bonds. The van der Waals surface area contributed by atoms with E-state index in [9.17, 15) is 4.79 Å². The quantitative estimate of drug-likeness (QED) is 0.520. The lowest BCUT2D eigenvalue weighted by atomic mass is 9.76. The second-order valence-corrected chi connectivity index (χ2v) is 6.66. The van der Waals surface area contributed by atoms with Crippen LogP contribution in [0, 0.1) is 0 Å². The molecule has 0 heterocycles. The molecule has 0 aliphatic heterocycles. The molecular weight excluding hydrogens is 332 g/mol. The summed E-state index contributed by atoms with van der Waals surface area (Å²) >= 11 is 0. The molecule has 0 saturated carbocycles.